The van der Waals surface area contributed by atoms with Crippen molar-refractivity contribution in [1.29, 1.82) is 0 Å². The molecule has 66 heavy (non-hydrogen) atoms. The van der Waals surface area contributed by atoms with E-state index in [-0.39, 0.29) is 53.8 Å². The van der Waals surface area contributed by atoms with E-state index in [0.717, 1.165) is 29.1 Å². The summed E-state index contributed by atoms with van der Waals surface area (Å²) in [4.78, 5) is 109. The number of alkyl halides is 2. The van der Waals surface area contributed by atoms with E-state index in [2.05, 4.69) is 25.8 Å². The monoisotopic (exact) mass is 913 g/mol. The molecule has 0 spiro atoms. The summed E-state index contributed by atoms with van der Waals surface area (Å²) >= 11 is 0. The van der Waals surface area contributed by atoms with Crippen LogP contribution in [-0.4, -0.2) is 181 Å². The fourth-order valence-corrected chi connectivity index (χ4v) is 9.92. The number of ether oxygens (including phenoxy) is 1. The number of amides is 7. The number of rotatable bonds is 10. The predicted molar refractivity (Wildman–Crippen MR) is 236 cm³/mol. The summed E-state index contributed by atoms with van der Waals surface area (Å²) in [6, 6.07) is 7.94. The summed E-state index contributed by atoms with van der Waals surface area (Å²) in [5.74, 6) is -6.73. The van der Waals surface area contributed by atoms with Gasteiger partial charge in [-0.1, -0.05) is 12.5 Å². The lowest BCUT2D eigenvalue weighted by Gasteiger charge is -2.43. The van der Waals surface area contributed by atoms with Crippen LogP contribution in [0.5, 0.6) is 5.75 Å². The molecule has 6 heterocycles. The highest BCUT2D eigenvalue weighted by atomic mass is 19.3. The lowest BCUT2D eigenvalue weighted by atomic mass is 9.90. The third kappa shape index (κ3) is 8.60. The van der Waals surface area contributed by atoms with Gasteiger partial charge in [0.25, 0.3) is 23.6 Å². The Bertz CT molecular complexity index is 2390. The molecule has 0 bridgehead atoms. The van der Waals surface area contributed by atoms with Gasteiger partial charge >= 0.3 is 5.92 Å². The Labute approximate surface area is 379 Å². The molecule has 3 N–H and O–H groups in total. The number of imide groups is 2. The number of fused-ring (bicyclic) bond motifs is 2. The molecular formula is C45H53F2N11O8. The van der Waals surface area contributed by atoms with Crippen LogP contribution < -0.4 is 25.6 Å². The van der Waals surface area contributed by atoms with Gasteiger partial charge in [-0.05, 0) is 62.4 Å². The number of piperidine rings is 2. The van der Waals surface area contributed by atoms with Gasteiger partial charge in [0.15, 0.2) is 0 Å². The topological polar surface area (TPSA) is 209 Å². The Hall–Kier alpha value is -6.35. The molecule has 0 aromatic heterocycles. The van der Waals surface area contributed by atoms with Gasteiger partial charge in [-0.2, -0.15) is 8.78 Å². The standard InChI is InChI=1S/C45H53F2N11O8/c1-53-33-24-48-44(52-38(33)57(28-5-3-6-28)25-45(46,47)43(53)65)50-30-10-9-26(23-34(30)66-2)39(61)49-27-13-17-56(18-14-27)36(60)15-16-54-19-21-55(22-20-54)31-8-4-7-29-37(31)42(64)58(41(29)63)32-11-12-35(59)51-40(32)62/h4,7-10,23-24,27-28,32-33,38H,3,5-6,11-22,25H2,1-2H3,(H,49,61)(H,50,52)(H,51,59,62). The number of likely N-dealkylation sites (tertiary alicyclic amines) is 1. The summed E-state index contributed by atoms with van der Waals surface area (Å²) in [5.41, 5.74) is 1.95. The van der Waals surface area contributed by atoms with Crippen molar-refractivity contribution in [3.05, 3.63) is 53.1 Å². The van der Waals surface area contributed by atoms with Crippen molar-refractivity contribution >= 4 is 64.9 Å². The molecule has 4 saturated heterocycles. The molecule has 1 saturated carbocycles. The molecular weight excluding hydrogens is 861 g/mol. The third-order valence-electron chi connectivity index (χ3n) is 13.9. The third-order valence-corrected chi connectivity index (χ3v) is 13.9. The van der Waals surface area contributed by atoms with Gasteiger partial charge in [-0.25, -0.2) is 9.98 Å². The molecule has 19 nitrogen and oxygen atoms in total. The van der Waals surface area contributed by atoms with E-state index in [1.165, 1.54) is 20.4 Å². The highest BCUT2D eigenvalue weighted by molar-refractivity contribution is 6.25. The van der Waals surface area contributed by atoms with Crippen LogP contribution in [-0.2, 0) is 19.2 Å². The van der Waals surface area contributed by atoms with Crippen LogP contribution in [0.2, 0.25) is 0 Å². The van der Waals surface area contributed by atoms with Crippen molar-refractivity contribution in [3.8, 4) is 5.75 Å². The van der Waals surface area contributed by atoms with E-state index in [0.29, 0.717) is 87.8 Å². The van der Waals surface area contributed by atoms with Crippen LogP contribution >= 0.6 is 0 Å². The van der Waals surface area contributed by atoms with Gasteiger partial charge in [-0.15, -0.1) is 0 Å². The Morgan fingerprint density at radius 3 is 2.39 bits per heavy atom. The minimum atomic E-state index is -3.55. The lowest BCUT2D eigenvalue weighted by Crippen LogP contribution is -2.55. The summed E-state index contributed by atoms with van der Waals surface area (Å²) in [6.45, 7) is 3.24. The van der Waals surface area contributed by atoms with Crippen molar-refractivity contribution in [3.63, 3.8) is 0 Å². The zero-order chi connectivity index (χ0) is 46.4. The van der Waals surface area contributed by atoms with Gasteiger partial charge in [0.05, 0.1) is 36.2 Å². The fourth-order valence-electron chi connectivity index (χ4n) is 9.92. The van der Waals surface area contributed by atoms with Gasteiger partial charge in [0.1, 0.15) is 24.0 Å². The first-order valence-electron chi connectivity index (χ1n) is 22.6. The summed E-state index contributed by atoms with van der Waals surface area (Å²) in [5, 5.41) is 8.43. The van der Waals surface area contributed by atoms with Crippen molar-refractivity contribution in [2.75, 3.05) is 76.7 Å². The maximum Gasteiger partial charge on any atom is 0.337 e. The zero-order valence-electron chi connectivity index (χ0n) is 36.8. The SMILES string of the molecule is COc1cc(C(=O)NC2CCN(C(=O)CCN3CCN(c4cccc5c4C(=O)N(C4CCC(=O)NC4=O)C5=O)CC3)CC2)ccc1NC1=NC2C(C=N1)N(C)C(=O)C(F)(F)CN2C1CCC1. The first-order chi connectivity index (χ1) is 31.7. The van der Waals surface area contributed by atoms with Crippen molar-refractivity contribution in [1.82, 2.24) is 35.1 Å². The Morgan fingerprint density at radius 1 is 0.939 bits per heavy atom. The summed E-state index contributed by atoms with van der Waals surface area (Å²) < 4.78 is 35.5. The van der Waals surface area contributed by atoms with E-state index in [4.69, 9.17) is 9.73 Å². The van der Waals surface area contributed by atoms with Crippen LogP contribution in [0.25, 0.3) is 0 Å². The number of halogens is 2. The van der Waals surface area contributed by atoms with Crippen LogP contribution in [0.1, 0.15) is 82.4 Å². The molecule has 6 aliphatic heterocycles. The number of benzene rings is 2. The van der Waals surface area contributed by atoms with Gasteiger partial charge in [0.2, 0.25) is 23.7 Å². The maximum atomic E-state index is 15.0. The number of hydrogen-bond acceptors (Lipinski definition) is 14. The molecule has 3 unspecified atom stereocenters. The molecule has 2 aromatic carbocycles. The minimum absolute atomic E-state index is 0.0317. The van der Waals surface area contributed by atoms with Gasteiger partial charge in [0, 0.05) is 89.6 Å². The number of likely N-dealkylation sites (N-methyl/N-ethyl adjacent to an activating group) is 1. The van der Waals surface area contributed by atoms with Crippen LogP contribution in [0.4, 0.5) is 20.2 Å². The number of carbonyl (C=O) groups excluding carboxylic acids is 7. The smallest absolute Gasteiger partial charge is 0.337 e. The minimum Gasteiger partial charge on any atom is -0.495 e. The molecule has 0 radical (unpaired) electrons. The molecule has 9 rings (SSSR count). The Balaban J connectivity index is 0.735. The number of nitrogens with zero attached hydrogens (tertiary/aromatic N) is 8. The van der Waals surface area contributed by atoms with Gasteiger partial charge in [-0.3, -0.25) is 53.6 Å². The van der Waals surface area contributed by atoms with Gasteiger partial charge < -0.3 is 30.1 Å². The second-order valence-corrected chi connectivity index (χ2v) is 17.9. The lowest BCUT2D eigenvalue weighted by molar-refractivity contribution is -0.156. The molecule has 1 aliphatic carbocycles. The second kappa shape index (κ2) is 18.1. The second-order valence-electron chi connectivity index (χ2n) is 17.9. The van der Waals surface area contributed by atoms with Crippen LogP contribution in [0, 0.1) is 0 Å². The number of carbonyl (C=O) groups is 7. The molecule has 3 atom stereocenters. The Kier molecular flexibility index (Phi) is 12.3. The number of guanidine groups is 1. The molecule has 2 aromatic rings. The predicted octanol–water partition coefficient (Wildman–Crippen LogP) is 1.54. The Morgan fingerprint density at radius 2 is 1.70 bits per heavy atom. The molecule has 7 aliphatic rings. The highest BCUT2D eigenvalue weighted by Gasteiger charge is 2.53. The first-order valence-corrected chi connectivity index (χ1v) is 22.6. The van der Waals surface area contributed by atoms with Crippen molar-refractivity contribution < 1.29 is 47.1 Å². The van der Waals surface area contributed by atoms with Crippen molar-refractivity contribution in [2.24, 2.45) is 9.98 Å². The van der Waals surface area contributed by atoms with E-state index < -0.39 is 60.3 Å². The quantitative estimate of drug-likeness (QED) is 0.290. The fraction of sp³-hybridized carbons (Fsp3) is 0.533. The van der Waals surface area contributed by atoms with E-state index in [9.17, 15) is 42.3 Å². The average molecular weight is 914 g/mol. The summed E-state index contributed by atoms with van der Waals surface area (Å²) in [7, 11) is 2.81. The van der Waals surface area contributed by atoms with Crippen LogP contribution in [0.3, 0.4) is 0 Å². The number of anilines is 2. The molecule has 350 valence electrons. The molecule has 5 fully saturated rings. The number of hydrogen-bond donors (Lipinski definition) is 3. The van der Waals surface area contributed by atoms with E-state index in [1.54, 1.807) is 41.3 Å². The van der Waals surface area contributed by atoms with Crippen molar-refractivity contribution in [2.45, 2.75) is 87.6 Å². The normalized spacial score (nSPS) is 25.2. The van der Waals surface area contributed by atoms with E-state index >= 15 is 0 Å². The number of piperazine rings is 1. The van der Waals surface area contributed by atoms with Crippen LogP contribution in [0.15, 0.2) is 46.4 Å². The first kappa shape index (κ1) is 44.8. The number of aliphatic imine (C=N–C) groups is 2. The largest absolute Gasteiger partial charge is 0.495 e. The zero-order valence-corrected chi connectivity index (χ0v) is 36.8. The number of nitrogens with one attached hydrogen (secondary N) is 3. The molecule has 7 amide bonds. The van der Waals surface area contributed by atoms with E-state index in [1.807, 2.05) is 9.80 Å². The average Bonchev–Trinajstić information content (AvgIpc) is 3.52. The maximum absolute atomic E-state index is 15.0. The molecule has 21 heteroatoms. The highest BCUT2D eigenvalue weighted by Crippen LogP contribution is 2.37. The summed E-state index contributed by atoms with van der Waals surface area (Å²) in [6.07, 6.45) is 4.76. The number of methoxy groups -OCH3 is 1.